The van der Waals surface area contributed by atoms with Gasteiger partial charge in [-0.05, 0) is 38.3 Å². The highest BCUT2D eigenvalue weighted by molar-refractivity contribution is 14.0. The molecule has 2 rings (SSSR count). The molecule has 0 amide bonds. The van der Waals surface area contributed by atoms with E-state index in [-0.39, 0.29) is 24.0 Å². The zero-order valence-electron chi connectivity index (χ0n) is 15.6. The topological polar surface area (TPSA) is 52.8 Å². The summed E-state index contributed by atoms with van der Waals surface area (Å²) in [6.07, 6.45) is 5.95. The Kier molecular flexibility index (Phi) is 10.9. The van der Waals surface area contributed by atoms with Gasteiger partial charge >= 0.3 is 0 Å². The number of hydrogen-bond acceptors (Lipinski definition) is 3. The number of likely N-dealkylation sites (tertiary alicyclic amines) is 1. The Morgan fingerprint density at radius 1 is 1.40 bits per heavy atom. The Balaban J connectivity index is 0.00000312. The number of piperidine rings is 1. The highest BCUT2D eigenvalue weighted by atomic mass is 127. The molecule has 1 fully saturated rings. The fourth-order valence-corrected chi connectivity index (χ4v) is 2.95. The van der Waals surface area contributed by atoms with Crippen LogP contribution in [0.1, 0.15) is 38.9 Å². The molecule has 25 heavy (non-hydrogen) atoms. The lowest BCUT2D eigenvalue weighted by molar-refractivity contribution is 0.221. The minimum absolute atomic E-state index is 0. The SMILES string of the molecule is C=C(C)CN1CCC(NC(=NCCC)NCCc2ccco2)CC1.I. The van der Waals surface area contributed by atoms with E-state index >= 15 is 0 Å². The molecule has 6 heteroatoms. The maximum absolute atomic E-state index is 5.38. The van der Waals surface area contributed by atoms with E-state index in [9.17, 15) is 0 Å². The molecule has 1 aromatic heterocycles. The van der Waals surface area contributed by atoms with E-state index in [4.69, 9.17) is 4.42 Å². The summed E-state index contributed by atoms with van der Waals surface area (Å²) >= 11 is 0. The number of furan rings is 1. The van der Waals surface area contributed by atoms with Crippen LogP contribution in [0, 0.1) is 0 Å². The molecule has 1 aliphatic heterocycles. The van der Waals surface area contributed by atoms with E-state index in [0.29, 0.717) is 6.04 Å². The second-order valence-electron chi connectivity index (χ2n) is 6.64. The summed E-state index contributed by atoms with van der Waals surface area (Å²) in [5.74, 6) is 1.94. The van der Waals surface area contributed by atoms with Crippen LogP contribution in [0.5, 0.6) is 0 Å². The van der Waals surface area contributed by atoms with Crippen molar-refractivity contribution in [3.05, 3.63) is 36.3 Å². The molecule has 0 bridgehead atoms. The van der Waals surface area contributed by atoms with Crippen molar-refractivity contribution < 1.29 is 4.42 Å². The van der Waals surface area contributed by atoms with Gasteiger partial charge in [-0.3, -0.25) is 9.89 Å². The fourth-order valence-electron chi connectivity index (χ4n) is 2.95. The van der Waals surface area contributed by atoms with Crippen LogP contribution in [0.3, 0.4) is 0 Å². The van der Waals surface area contributed by atoms with Crippen molar-refractivity contribution in [3.63, 3.8) is 0 Å². The lowest BCUT2D eigenvalue weighted by Gasteiger charge is -2.33. The highest BCUT2D eigenvalue weighted by Crippen LogP contribution is 2.11. The van der Waals surface area contributed by atoms with Crippen molar-refractivity contribution in [2.45, 2.75) is 45.6 Å². The third kappa shape index (κ3) is 8.76. The second-order valence-corrected chi connectivity index (χ2v) is 6.64. The van der Waals surface area contributed by atoms with E-state index in [1.165, 1.54) is 5.57 Å². The van der Waals surface area contributed by atoms with Crippen LogP contribution in [0.15, 0.2) is 40.0 Å². The Hall–Kier alpha value is -1.02. The van der Waals surface area contributed by atoms with Crippen LogP contribution in [0.4, 0.5) is 0 Å². The molecule has 0 unspecified atom stereocenters. The smallest absolute Gasteiger partial charge is 0.191 e. The Bertz CT molecular complexity index is 508. The van der Waals surface area contributed by atoms with Gasteiger partial charge in [0.2, 0.25) is 0 Å². The van der Waals surface area contributed by atoms with Gasteiger partial charge in [0.15, 0.2) is 5.96 Å². The van der Waals surface area contributed by atoms with E-state index in [1.54, 1.807) is 6.26 Å². The number of hydrogen-bond donors (Lipinski definition) is 2. The molecule has 5 nitrogen and oxygen atoms in total. The predicted molar refractivity (Wildman–Crippen MR) is 116 cm³/mol. The molecular formula is C19H33IN4O. The number of nitrogens with one attached hydrogen (secondary N) is 2. The highest BCUT2D eigenvalue weighted by Gasteiger charge is 2.19. The lowest BCUT2D eigenvalue weighted by Crippen LogP contribution is -2.49. The van der Waals surface area contributed by atoms with Crippen LogP contribution < -0.4 is 10.6 Å². The summed E-state index contributed by atoms with van der Waals surface area (Å²) in [5.41, 5.74) is 1.24. The summed E-state index contributed by atoms with van der Waals surface area (Å²) in [5, 5.41) is 7.04. The summed E-state index contributed by atoms with van der Waals surface area (Å²) in [7, 11) is 0. The van der Waals surface area contributed by atoms with Gasteiger partial charge in [0.1, 0.15) is 5.76 Å². The van der Waals surface area contributed by atoms with Crippen molar-refractivity contribution >= 4 is 29.9 Å². The zero-order valence-corrected chi connectivity index (χ0v) is 17.9. The monoisotopic (exact) mass is 460 g/mol. The number of halogens is 1. The van der Waals surface area contributed by atoms with Crippen LogP contribution in [-0.2, 0) is 6.42 Å². The number of rotatable bonds is 8. The van der Waals surface area contributed by atoms with Crippen molar-refractivity contribution in [1.82, 2.24) is 15.5 Å². The summed E-state index contributed by atoms with van der Waals surface area (Å²) in [6.45, 7) is 13.2. The molecule has 0 aliphatic carbocycles. The first-order valence-corrected chi connectivity index (χ1v) is 9.11. The maximum Gasteiger partial charge on any atom is 0.191 e. The molecule has 1 aliphatic rings. The molecule has 0 aromatic carbocycles. The number of nitrogens with zero attached hydrogens (tertiary/aromatic N) is 2. The average Bonchev–Trinajstić information content (AvgIpc) is 3.07. The van der Waals surface area contributed by atoms with Gasteiger partial charge in [0.25, 0.3) is 0 Å². The van der Waals surface area contributed by atoms with Gasteiger partial charge in [-0.15, -0.1) is 24.0 Å². The van der Waals surface area contributed by atoms with Gasteiger partial charge in [-0.25, -0.2) is 0 Å². The first-order valence-electron chi connectivity index (χ1n) is 9.11. The molecular weight excluding hydrogens is 427 g/mol. The van der Waals surface area contributed by atoms with E-state index < -0.39 is 0 Å². The molecule has 2 N–H and O–H groups in total. The molecule has 142 valence electrons. The van der Waals surface area contributed by atoms with E-state index in [0.717, 1.165) is 70.1 Å². The maximum atomic E-state index is 5.38. The van der Waals surface area contributed by atoms with Crippen molar-refractivity contribution in [2.75, 3.05) is 32.7 Å². The van der Waals surface area contributed by atoms with Crippen LogP contribution in [-0.4, -0.2) is 49.6 Å². The van der Waals surface area contributed by atoms with Crippen molar-refractivity contribution in [3.8, 4) is 0 Å². The number of guanidine groups is 1. The number of aliphatic imine (C=N–C) groups is 1. The minimum atomic E-state index is 0. The third-order valence-electron chi connectivity index (χ3n) is 4.16. The lowest BCUT2D eigenvalue weighted by atomic mass is 10.0. The molecule has 0 spiro atoms. The van der Waals surface area contributed by atoms with Crippen molar-refractivity contribution in [1.29, 1.82) is 0 Å². The van der Waals surface area contributed by atoms with Crippen LogP contribution >= 0.6 is 24.0 Å². The first kappa shape index (κ1) is 22.0. The normalized spacial score (nSPS) is 16.3. The Morgan fingerprint density at radius 3 is 2.76 bits per heavy atom. The second kappa shape index (κ2) is 12.4. The molecule has 1 aromatic rings. The van der Waals surface area contributed by atoms with Gasteiger partial charge in [0.05, 0.1) is 6.26 Å². The quantitative estimate of drug-likeness (QED) is 0.270. The molecule has 0 radical (unpaired) electrons. The predicted octanol–water partition coefficient (Wildman–Crippen LogP) is 3.43. The Labute approximate surface area is 169 Å². The standard InChI is InChI=1S/C19H32N4O.HI/c1-4-10-20-19(21-11-7-18-6-5-14-24-18)22-17-8-12-23(13-9-17)15-16(2)3;/h5-6,14,17H,2,4,7-13,15H2,1,3H3,(H2,20,21,22);1H. The average molecular weight is 460 g/mol. The van der Waals surface area contributed by atoms with Crippen molar-refractivity contribution in [2.24, 2.45) is 4.99 Å². The molecule has 2 heterocycles. The summed E-state index contributed by atoms with van der Waals surface area (Å²) in [6, 6.07) is 4.44. The van der Waals surface area contributed by atoms with Gasteiger partial charge in [0, 0.05) is 45.2 Å². The van der Waals surface area contributed by atoms with Gasteiger partial charge in [-0.1, -0.05) is 19.1 Å². The molecule has 1 saturated heterocycles. The van der Waals surface area contributed by atoms with Crippen LogP contribution in [0.25, 0.3) is 0 Å². The fraction of sp³-hybridized carbons (Fsp3) is 0.632. The molecule has 0 saturated carbocycles. The minimum Gasteiger partial charge on any atom is -0.469 e. The first-order chi connectivity index (χ1) is 11.7. The summed E-state index contributed by atoms with van der Waals surface area (Å²) < 4.78 is 5.38. The van der Waals surface area contributed by atoms with Gasteiger partial charge in [-0.2, -0.15) is 0 Å². The molecule has 0 atom stereocenters. The Morgan fingerprint density at radius 2 is 2.16 bits per heavy atom. The van der Waals surface area contributed by atoms with Crippen LogP contribution in [0.2, 0.25) is 0 Å². The van der Waals surface area contributed by atoms with E-state index in [1.807, 2.05) is 12.1 Å². The zero-order chi connectivity index (χ0) is 17.2. The summed E-state index contributed by atoms with van der Waals surface area (Å²) in [4.78, 5) is 7.14. The van der Waals surface area contributed by atoms with Gasteiger partial charge < -0.3 is 15.1 Å². The largest absolute Gasteiger partial charge is 0.469 e. The van der Waals surface area contributed by atoms with E-state index in [2.05, 4.69) is 41.0 Å². The third-order valence-corrected chi connectivity index (χ3v) is 4.16.